The lowest BCUT2D eigenvalue weighted by molar-refractivity contribution is -0.119. The Morgan fingerprint density at radius 3 is 2.44 bits per heavy atom. The van der Waals surface area contributed by atoms with Crippen molar-refractivity contribution in [1.82, 2.24) is 4.98 Å². The molecule has 0 saturated heterocycles. The number of hydrogen-bond acceptors (Lipinski definition) is 5. The van der Waals surface area contributed by atoms with Gasteiger partial charge < -0.3 is 10.1 Å². The summed E-state index contributed by atoms with van der Waals surface area (Å²) in [4.78, 5) is 27.8. The molecule has 0 bridgehead atoms. The molecule has 0 saturated carbocycles. The first kappa shape index (κ1) is 20.8. The first-order valence-corrected chi connectivity index (χ1v) is 9.02. The summed E-state index contributed by atoms with van der Waals surface area (Å²) in [7, 11) is 0. The summed E-state index contributed by atoms with van der Waals surface area (Å²) in [6, 6.07) is 10.1. The van der Waals surface area contributed by atoms with Gasteiger partial charge in [-0.15, -0.1) is 0 Å². The van der Waals surface area contributed by atoms with Gasteiger partial charge >= 0.3 is 5.97 Å². The molecule has 1 heterocycles. The Bertz CT molecular complexity index is 805. The second-order valence-electron chi connectivity index (χ2n) is 6.69. The van der Waals surface area contributed by atoms with Crippen LogP contribution >= 0.6 is 11.8 Å². The number of thioether (sulfide) groups is 1. The molecular weight excluding hydrogens is 374 g/mol. The van der Waals surface area contributed by atoms with E-state index in [9.17, 15) is 18.4 Å². The average Bonchev–Trinajstić information content (AvgIpc) is 2.59. The van der Waals surface area contributed by atoms with Crippen LogP contribution < -0.4 is 5.32 Å². The number of amides is 1. The molecule has 2 aromatic rings. The number of carbonyl (C=O) groups is 2. The van der Waals surface area contributed by atoms with E-state index in [0.29, 0.717) is 5.69 Å². The number of aromatic nitrogens is 1. The molecule has 0 spiro atoms. The molecule has 5 nitrogen and oxygen atoms in total. The second-order valence-corrected chi connectivity index (χ2v) is 7.67. The maximum absolute atomic E-state index is 12.5. The highest BCUT2D eigenvalue weighted by molar-refractivity contribution is 7.99. The highest BCUT2D eigenvalue weighted by atomic mass is 32.2. The smallest absolute Gasteiger partial charge is 0.341 e. The number of ether oxygens (including phenoxy) is 1. The van der Waals surface area contributed by atoms with Crippen LogP contribution in [-0.2, 0) is 14.9 Å². The molecule has 2 rings (SSSR count). The summed E-state index contributed by atoms with van der Waals surface area (Å²) in [5, 5.41) is 2.47. The van der Waals surface area contributed by atoms with Crippen LogP contribution in [0.4, 0.5) is 14.5 Å². The third-order valence-electron chi connectivity index (χ3n) is 3.56. The molecule has 0 radical (unpaired) electrons. The molecule has 1 amide bonds. The zero-order valence-corrected chi connectivity index (χ0v) is 16.0. The van der Waals surface area contributed by atoms with Crippen LogP contribution in [0.15, 0.2) is 47.6 Å². The topological polar surface area (TPSA) is 68.3 Å². The molecule has 0 unspecified atom stereocenters. The van der Waals surface area contributed by atoms with Gasteiger partial charge in [0.25, 0.3) is 11.7 Å². The van der Waals surface area contributed by atoms with Gasteiger partial charge in [0.2, 0.25) is 0 Å². The maximum Gasteiger partial charge on any atom is 0.341 e. The summed E-state index contributed by atoms with van der Waals surface area (Å²) < 4.78 is 30.0. The fourth-order valence-electron chi connectivity index (χ4n) is 2.18. The SMILES string of the molecule is CC(C)(C)c1ccc(NC(=O)COC(=O)c2cccnc2SC(F)F)cc1. The quantitative estimate of drug-likeness (QED) is 0.578. The number of alkyl halides is 2. The second kappa shape index (κ2) is 8.94. The lowest BCUT2D eigenvalue weighted by Gasteiger charge is -2.19. The van der Waals surface area contributed by atoms with Gasteiger partial charge in [0, 0.05) is 11.9 Å². The number of carbonyl (C=O) groups excluding carboxylic acids is 2. The van der Waals surface area contributed by atoms with E-state index in [1.165, 1.54) is 18.3 Å². The fourth-order valence-corrected chi connectivity index (χ4v) is 2.75. The molecule has 0 atom stereocenters. The number of pyridine rings is 1. The number of nitrogens with one attached hydrogen (secondary N) is 1. The van der Waals surface area contributed by atoms with Crippen LogP contribution in [0.2, 0.25) is 0 Å². The van der Waals surface area contributed by atoms with Crippen LogP contribution in [0.5, 0.6) is 0 Å². The Balaban J connectivity index is 1.93. The van der Waals surface area contributed by atoms with E-state index in [4.69, 9.17) is 4.74 Å². The molecule has 0 aliphatic carbocycles. The predicted octanol–water partition coefficient (Wildman–Crippen LogP) is 4.49. The van der Waals surface area contributed by atoms with Crippen molar-refractivity contribution < 1.29 is 23.1 Å². The minimum atomic E-state index is -2.72. The van der Waals surface area contributed by atoms with E-state index >= 15 is 0 Å². The first-order chi connectivity index (χ1) is 12.7. The Hall–Kier alpha value is -2.48. The van der Waals surface area contributed by atoms with Crippen LogP contribution in [0.1, 0.15) is 36.7 Å². The van der Waals surface area contributed by atoms with Crippen molar-refractivity contribution in [3.05, 3.63) is 53.7 Å². The van der Waals surface area contributed by atoms with Crippen LogP contribution in [0, 0.1) is 0 Å². The van der Waals surface area contributed by atoms with E-state index in [1.807, 2.05) is 12.1 Å². The summed E-state index contributed by atoms with van der Waals surface area (Å²) in [6.45, 7) is 5.71. The third kappa shape index (κ3) is 6.32. The van der Waals surface area contributed by atoms with E-state index < -0.39 is 24.2 Å². The number of nitrogens with zero attached hydrogens (tertiary/aromatic N) is 1. The number of anilines is 1. The lowest BCUT2D eigenvalue weighted by atomic mass is 9.87. The number of rotatable bonds is 6. The van der Waals surface area contributed by atoms with Crippen LogP contribution in [0.3, 0.4) is 0 Å². The van der Waals surface area contributed by atoms with Gasteiger partial charge in [0.05, 0.1) is 5.56 Å². The van der Waals surface area contributed by atoms with Gasteiger partial charge in [0.15, 0.2) is 6.61 Å². The maximum atomic E-state index is 12.5. The number of benzene rings is 1. The molecule has 1 N–H and O–H groups in total. The predicted molar refractivity (Wildman–Crippen MR) is 100 cm³/mol. The summed E-state index contributed by atoms with van der Waals surface area (Å²) in [6.07, 6.45) is 1.30. The normalized spacial score (nSPS) is 11.3. The summed E-state index contributed by atoms with van der Waals surface area (Å²) in [5.41, 5.74) is 1.58. The first-order valence-electron chi connectivity index (χ1n) is 8.14. The van der Waals surface area contributed by atoms with Gasteiger partial charge in [-0.2, -0.15) is 8.78 Å². The van der Waals surface area contributed by atoms with Gasteiger partial charge in [-0.1, -0.05) is 32.9 Å². The van der Waals surface area contributed by atoms with Crippen molar-refractivity contribution in [2.75, 3.05) is 11.9 Å². The molecule has 144 valence electrons. The zero-order chi connectivity index (χ0) is 20.0. The number of esters is 1. The minimum absolute atomic E-state index is 0.00423. The number of halogens is 2. The van der Waals surface area contributed by atoms with Crippen molar-refractivity contribution >= 4 is 29.3 Å². The molecule has 1 aromatic carbocycles. The van der Waals surface area contributed by atoms with Crippen molar-refractivity contribution in [2.45, 2.75) is 37.0 Å². The molecule has 8 heteroatoms. The Morgan fingerprint density at radius 1 is 1.19 bits per heavy atom. The lowest BCUT2D eigenvalue weighted by Crippen LogP contribution is -2.21. The minimum Gasteiger partial charge on any atom is -0.452 e. The monoisotopic (exact) mass is 394 g/mol. The van der Waals surface area contributed by atoms with Gasteiger partial charge in [-0.05, 0) is 47.0 Å². The Morgan fingerprint density at radius 2 is 1.85 bits per heavy atom. The van der Waals surface area contributed by atoms with Crippen LogP contribution in [-0.4, -0.2) is 29.2 Å². The zero-order valence-electron chi connectivity index (χ0n) is 15.2. The standard InChI is InChI=1S/C19H20F2N2O3S/c1-19(2,3)12-6-8-13(9-7-12)23-15(24)11-26-17(25)14-5-4-10-22-16(14)27-18(20)21/h4-10,18H,11H2,1-3H3,(H,23,24). The van der Waals surface area contributed by atoms with Crippen molar-refractivity contribution in [2.24, 2.45) is 0 Å². The molecule has 1 aromatic heterocycles. The molecule has 0 fully saturated rings. The fraction of sp³-hybridized carbons (Fsp3) is 0.316. The van der Waals surface area contributed by atoms with Gasteiger partial charge in [0.1, 0.15) is 5.03 Å². The van der Waals surface area contributed by atoms with Crippen molar-refractivity contribution in [3.8, 4) is 0 Å². The van der Waals surface area contributed by atoms with Gasteiger partial charge in [-0.3, -0.25) is 4.79 Å². The van der Waals surface area contributed by atoms with Crippen molar-refractivity contribution in [1.29, 1.82) is 0 Å². The summed E-state index contributed by atoms with van der Waals surface area (Å²) >= 11 is 0.148. The molecule has 0 aliphatic heterocycles. The molecular formula is C19H20F2N2O3S. The molecule has 27 heavy (non-hydrogen) atoms. The van der Waals surface area contributed by atoms with E-state index in [0.717, 1.165) is 5.56 Å². The average molecular weight is 394 g/mol. The number of hydrogen-bond donors (Lipinski definition) is 1. The van der Waals surface area contributed by atoms with Crippen molar-refractivity contribution in [3.63, 3.8) is 0 Å². The van der Waals surface area contributed by atoms with Gasteiger partial charge in [-0.25, -0.2) is 9.78 Å². The van der Waals surface area contributed by atoms with E-state index in [-0.39, 0.29) is 27.8 Å². The highest BCUT2D eigenvalue weighted by Crippen LogP contribution is 2.27. The Kier molecular flexibility index (Phi) is 6.90. The van der Waals surface area contributed by atoms with E-state index in [2.05, 4.69) is 31.1 Å². The highest BCUT2D eigenvalue weighted by Gasteiger charge is 2.19. The Labute approximate surface area is 160 Å². The van der Waals surface area contributed by atoms with Crippen LogP contribution in [0.25, 0.3) is 0 Å². The third-order valence-corrected chi connectivity index (χ3v) is 4.29. The summed E-state index contributed by atoms with van der Waals surface area (Å²) in [5.74, 6) is -4.13. The largest absolute Gasteiger partial charge is 0.452 e. The van der Waals surface area contributed by atoms with E-state index in [1.54, 1.807) is 12.1 Å². The molecule has 0 aliphatic rings.